The molecule has 0 fully saturated rings. The Morgan fingerprint density at radius 3 is 2.28 bits per heavy atom. The summed E-state index contributed by atoms with van der Waals surface area (Å²) >= 11 is 0. The van der Waals surface area contributed by atoms with Crippen molar-refractivity contribution in [3.63, 3.8) is 0 Å². The number of aromatic nitrogens is 1. The molecule has 3 nitrogen and oxygen atoms in total. The topological polar surface area (TPSA) is 52.0 Å². The molecule has 0 aliphatic rings. The highest BCUT2D eigenvalue weighted by molar-refractivity contribution is 5.69. The molecule has 18 heavy (non-hydrogen) atoms. The Morgan fingerprint density at radius 1 is 1.11 bits per heavy atom. The van der Waals surface area contributed by atoms with Crippen LogP contribution < -0.4 is 5.73 Å². The Bertz CT molecular complexity index is 544. The van der Waals surface area contributed by atoms with Crippen molar-refractivity contribution in [1.29, 1.82) is 0 Å². The third-order valence-corrected chi connectivity index (χ3v) is 3.53. The lowest BCUT2D eigenvalue weighted by molar-refractivity contribution is 0.496. The fourth-order valence-electron chi connectivity index (χ4n) is 2.27. The van der Waals surface area contributed by atoms with Gasteiger partial charge in [-0.3, -0.25) is 0 Å². The molecule has 2 aromatic rings. The summed E-state index contributed by atoms with van der Waals surface area (Å²) in [6.07, 6.45) is 2.42. The second-order valence-corrected chi connectivity index (χ2v) is 4.80. The summed E-state index contributed by atoms with van der Waals surface area (Å²) in [5.41, 5.74) is 12.7. The van der Waals surface area contributed by atoms with Gasteiger partial charge in [-0.15, -0.1) is 0 Å². The lowest BCUT2D eigenvalue weighted by atomic mass is 9.93. The van der Waals surface area contributed by atoms with Crippen molar-refractivity contribution < 1.29 is 4.42 Å². The van der Waals surface area contributed by atoms with E-state index in [1.54, 1.807) is 6.26 Å². The Morgan fingerprint density at radius 2 is 1.72 bits per heavy atom. The van der Waals surface area contributed by atoms with E-state index in [1.165, 1.54) is 27.8 Å². The van der Waals surface area contributed by atoms with Crippen LogP contribution in [0, 0.1) is 27.7 Å². The molecule has 96 valence electrons. The number of oxazole rings is 1. The minimum Gasteiger partial charge on any atom is -0.448 e. The van der Waals surface area contributed by atoms with E-state index in [0.29, 0.717) is 18.9 Å². The van der Waals surface area contributed by atoms with Crippen molar-refractivity contribution in [2.45, 2.75) is 34.1 Å². The predicted octanol–water partition coefficient (Wildman–Crippen LogP) is 3.08. The van der Waals surface area contributed by atoms with E-state index in [-0.39, 0.29) is 0 Å². The first-order valence-electron chi connectivity index (χ1n) is 6.26. The van der Waals surface area contributed by atoms with Gasteiger partial charge in [-0.2, -0.15) is 0 Å². The molecule has 1 heterocycles. The lowest BCUT2D eigenvalue weighted by Gasteiger charge is -2.12. The molecular formula is C15H20N2O. The predicted molar refractivity (Wildman–Crippen MR) is 73.6 cm³/mol. The van der Waals surface area contributed by atoms with E-state index in [0.717, 1.165) is 5.69 Å². The molecule has 0 bridgehead atoms. The minimum atomic E-state index is 0.560. The summed E-state index contributed by atoms with van der Waals surface area (Å²) < 4.78 is 5.46. The SMILES string of the molecule is Cc1cc(C)c(C)c(-c2coc(CCN)n2)c1C. The van der Waals surface area contributed by atoms with E-state index in [2.05, 4.69) is 38.7 Å². The van der Waals surface area contributed by atoms with Gasteiger partial charge in [-0.25, -0.2) is 4.98 Å². The lowest BCUT2D eigenvalue weighted by Crippen LogP contribution is -2.02. The molecule has 0 atom stereocenters. The largest absolute Gasteiger partial charge is 0.448 e. The smallest absolute Gasteiger partial charge is 0.195 e. The van der Waals surface area contributed by atoms with Gasteiger partial charge in [0.1, 0.15) is 12.0 Å². The number of nitrogens with zero attached hydrogens (tertiary/aromatic N) is 1. The van der Waals surface area contributed by atoms with Gasteiger partial charge in [0.05, 0.1) is 0 Å². The summed E-state index contributed by atoms with van der Waals surface area (Å²) in [6, 6.07) is 2.22. The van der Waals surface area contributed by atoms with E-state index >= 15 is 0 Å². The summed E-state index contributed by atoms with van der Waals surface area (Å²) in [5, 5.41) is 0. The normalized spacial score (nSPS) is 10.9. The first-order chi connectivity index (χ1) is 8.54. The van der Waals surface area contributed by atoms with Crippen LogP contribution in [0.3, 0.4) is 0 Å². The molecule has 0 unspecified atom stereocenters. The minimum absolute atomic E-state index is 0.560. The van der Waals surface area contributed by atoms with Crippen LogP contribution in [-0.4, -0.2) is 11.5 Å². The molecular weight excluding hydrogens is 224 g/mol. The second kappa shape index (κ2) is 4.94. The van der Waals surface area contributed by atoms with Gasteiger partial charge in [-0.1, -0.05) is 6.07 Å². The van der Waals surface area contributed by atoms with E-state index in [1.807, 2.05) is 0 Å². The van der Waals surface area contributed by atoms with Crippen molar-refractivity contribution in [2.24, 2.45) is 5.73 Å². The van der Waals surface area contributed by atoms with Crippen molar-refractivity contribution >= 4 is 0 Å². The molecule has 0 saturated heterocycles. The summed E-state index contributed by atoms with van der Waals surface area (Å²) in [6.45, 7) is 9.09. The van der Waals surface area contributed by atoms with Gasteiger partial charge < -0.3 is 10.2 Å². The van der Waals surface area contributed by atoms with Crippen LogP contribution in [0.15, 0.2) is 16.7 Å². The molecule has 1 aromatic heterocycles. The highest BCUT2D eigenvalue weighted by Gasteiger charge is 2.14. The van der Waals surface area contributed by atoms with Crippen LogP contribution in [0.1, 0.15) is 28.1 Å². The number of rotatable bonds is 3. The maximum atomic E-state index is 5.52. The monoisotopic (exact) mass is 244 g/mol. The Balaban J connectivity index is 2.55. The molecule has 3 heteroatoms. The highest BCUT2D eigenvalue weighted by atomic mass is 16.3. The van der Waals surface area contributed by atoms with Gasteiger partial charge in [0.2, 0.25) is 0 Å². The maximum absolute atomic E-state index is 5.52. The van der Waals surface area contributed by atoms with Gasteiger partial charge in [0.15, 0.2) is 5.89 Å². The number of nitrogens with two attached hydrogens (primary N) is 1. The van der Waals surface area contributed by atoms with Crippen molar-refractivity contribution in [1.82, 2.24) is 4.98 Å². The number of hydrogen-bond acceptors (Lipinski definition) is 3. The third kappa shape index (κ3) is 2.18. The van der Waals surface area contributed by atoms with Gasteiger partial charge in [-0.05, 0) is 49.9 Å². The first kappa shape index (κ1) is 12.8. The molecule has 0 radical (unpaired) electrons. The van der Waals surface area contributed by atoms with Crippen LogP contribution in [0.4, 0.5) is 0 Å². The zero-order chi connectivity index (χ0) is 13.3. The average molecular weight is 244 g/mol. The molecule has 0 spiro atoms. The Kier molecular flexibility index (Phi) is 3.53. The van der Waals surface area contributed by atoms with E-state index in [9.17, 15) is 0 Å². The van der Waals surface area contributed by atoms with Crippen LogP contribution >= 0.6 is 0 Å². The van der Waals surface area contributed by atoms with Crippen LogP contribution in [0.2, 0.25) is 0 Å². The summed E-state index contributed by atoms with van der Waals surface area (Å²) in [5.74, 6) is 0.713. The highest BCUT2D eigenvalue weighted by Crippen LogP contribution is 2.30. The van der Waals surface area contributed by atoms with E-state index < -0.39 is 0 Å². The number of aryl methyl sites for hydroxylation is 2. The standard InChI is InChI=1S/C15H20N2O/c1-9-7-10(2)12(4)15(11(9)3)13-8-18-14(17-13)5-6-16/h7-8H,5-6,16H2,1-4H3. The molecule has 0 aliphatic carbocycles. The number of hydrogen-bond donors (Lipinski definition) is 1. The number of benzene rings is 1. The Labute approximate surface area is 108 Å². The van der Waals surface area contributed by atoms with Crippen LogP contribution in [0.5, 0.6) is 0 Å². The molecule has 2 rings (SSSR count). The molecule has 0 amide bonds. The molecule has 0 saturated carbocycles. The van der Waals surface area contributed by atoms with Gasteiger partial charge in [0.25, 0.3) is 0 Å². The zero-order valence-corrected chi connectivity index (χ0v) is 11.5. The van der Waals surface area contributed by atoms with Crippen molar-refractivity contribution in [3.05, 3.63) is 40.5 Å². The molecule has 2 N–H and O–H groups in total. The van der Waals surface area contributed by atoms with Crippen molar-refractivity contribution in [3.8, 4) is 11.3 Å². The fraction of sp³-hybridized carbons (Fsp3) is 0.400. The third-order valence-electron chi connectivity index (χ3n) is 3.53. The van der Waals surface area contributed by atoms with Crippen molar-refractivity contribution in [2.75, 3.05) is 6.54 Å². The maximum Gasteiger partial charge on any atom is 0.195 e. The van der Waals surface area contributed by atoms with Crippen LogP contribution in [-0.2, 0) is 6.42 Å². The second-order valence-electron chi connectivity index (χ2n) is 4.80. The molecule has 1 aromatic carbocycles. The summed E-state index contributed by atoms with van der Waals surface area (Å²) in [4.78, 5) is 4.53. The fourth-order valence-corrected chi connectivity index (χ4v) is 2.27. The van der Waals surface area contributed by atoms with E-state index in [4.69, 9.17) is 10.2 Å². The zero-order valence-electron chi connectivity index (χ0n) is 11.5. The van der Waals surface area contributed by atoms with Gasteiger partial charge in [0, 0.05) is 18.5 Å². The van der Waals surface area contributed by atoms with Crippen LogP contribution in [0.25, 0.3) is 11.3 Å². The molecule has 0 aliphatic heterocycles. The quantitative estimate of drug-likeness (QED) is 0.902. The average Bonchev–Trinajstić information content (AvgIpc) is 2.76. The van der Waals surface area contributed by atoms with Gasteiger partial charge >= 0.3 is 0 Å². The Hall–Kier alpha value is -1.61. The summed E-state index contributed by atoms with van der Waals surface area (Å²) in [7, 11) is 0. The first-order valence-corrected chi connectivity index (χ1v) is 6.26.